The second-order valence-electron chi connectivity index (χ2n) is 6.29. The van der Waals surface area contributed by atoms with Gasteiger partial charge in [0.25, 0.3) is 0 Å². The van der Waals surface area contributed by atoms with E-state index >= 15 is 0 Å². The number of benzene rings is 1. The molecule has 0 aromatic heterocycles. The van der Waals surface area contributed by atoms with Gasteiger partial charge in [0.05, 0.1) is 0 Å². The van der Waals surface area contributed by atoms with Gasteiger partial charge in [-0.15, -0.1) is 0 Å². The van der Waals surface area contributed by atoms with Crippen LogP contribution >= 0.6 is 0 Å². The standard InChI is InChI=1S/C16H23N/c1-10-5-11(2)7-14(6-10)16(17)15-9-12-3-4-13(15)8-12/h5-7,12-13,15-16H,3-4,8-9,17H2,1-2H3. The summed E-state index contributed by atoms with van der Waals surface area (Å²) in [5.41, 5.74) is 10.6. The Morgan fingerprint density at radius 2 is 1.76 bits per heavy atom. The molecule has 2 bridgehead atoms. The van der Waals surface area contributed by atoms with E-state index in [1.807, 2.05) is 0 Å². The average Bonchev–Trinajstić information content (AvgIpc) is 2.88. The smallest absolute Gasteiger partial charge is 0.0326 e. The van der Waals surface area contributed by atoms with Crippen molar-refractivity contribution in [1.82, 2.24) is 0 Å². The maximum absolute atomic E-state index is 6.52. The topological polar surface area (TPSA) is 26.0 Å². The second kappa shape index (κ2) is 4.13. The zero-order valence-electron chi connectivity index (χ0n) is 10.9. The van der Waals surface area contributed by atoms with Gasteiger partial charge in [0.2, 0.25) is 0 Å². The highest BCUT2D eigenvalue weighted by molar-refractivity contribution is 5.31. The molecular formula is C16H23N. The number of nitrogens with two attached hydrogens (primary N) is 1. The van der Waals surface area contributed by atoms with Crippen LogP contribution in [0.5, 0.6) is 0 Å². The molecule has 92 valence electrons. The Bertz CT molecular complexity index is 403. The quantitative estimate of drug-likeness (QED) is 0.821. The first-order valence-corrected chi connectivity index (χ1v) is 6.97. The monoisotopic (exact) mass is 229 g/mol. The molecule has 2 fully saturated rings. The Morgan fingerprint density at radius 1 is 1.06 bits per heavy atom. The zero-order valence-corrected chi connectivity index (χ0v) is 10.9. The van der Waals surface area contributed by atoms with Crippen LogP contribution < -0.4 is 5.73 Å². The van der Waals surface area contributed by atoms with E-state index in [1.54, 1.807) is 0 Å². The molecule has 0 saturated heterocycles. The average molecular weight is 229 g/mol. The van der Waals surface area contributed by atoms with Crippen LogP contribution in [-0.2, 0) is 0 Å². The minimum atomic E-state index is 0.267. The van der Waals surface area contributed by atoms with Gasteiger partial charge in [-0.3, -0.25) is 0 Å². The summed E-state index contributed by atoms with van der Waals surface area (Å²) >= 11 is 0. The van der Waals surface area contributed by atoms with Crippen molar-refractivity contribution in [2.75, 3.05) is 0 Å². The van der Waals surface area contributed by atoms with Crippen LogP contribution in [0, 0.1) is 31.6 Å². The lowest BCUT2D eigenvalue weighted by atomic mass is 9.80. The van der Waals surface area contributed by atoms with Gasteiger partial charge in [-0.2, -0.15) is 0 Å². The van der Waals surface area contributed by atoms with Gasteiger partial charge < -0.3 is 5.73 Å². The highest BCUT2D eigenvalue weighted by atomic mass is 14.7. The van der Waals surface area contributed by atoms with E-state index in [2.05, 4.69) is 32.0 Å². The lowest BCUT2D eigenvalue weighted by Crippen LogP contribution is -2.26. The Balaban J connectivity index is 1.83. The summed E-state index contributed by atoms with van der Waals surface area (Å²) in [6, 6.07) is 7.06. The van der Waals surface area contributed by atoms with Crippen LogP contribution in [0.4, 0.5) is 0 Å². The van der Waals surface area contributed by atoms with Crippen LogP contribution in [0.15, 0.2) is 18.2 Å². The number of aryl methyl sites for hydroxylation is 2. The van der Waals surface area contributed by atoms with Crippen molar-refractivity contribution in [1.29, 1.82) is 0 Å². The van der Waals surface area contributed by atoms with Gasteiger partial charge in [-0.25, -0.2) is 0 Å². The number of hydrogen-bond acceptors (Lipinski definition) is 1. The minimum absolute atomic E-state index is 0.267. The molecule has 17 heavy (non-hydrogen) atoms. The van der Waals surface area contributed by atoms with Crippen LogP contribution in [-0.4, -0.2) is 0 Å². The van der Waals surface area contributed by atoms with Crippen molar-refractivity contribution in [2.24, 2.45) is 23.5 Å². The van der Waals surface area contributed by atoms with Crippen LogP contribution in [0.1, 0.15) is 48.4 Å². The highest BCUT2D eigenvalue weighted by Gasteiger charge is 2.42. The van der Waals surface area contributed by atoms with E-state index in [0.717, 1.165) is 17.8 Å². The Morgan fingerprint density at radius 3 is 2.29 bits per heavy atom. The molecule has 0 heterocycles. The summed E-state index contributed by atoms with van der Waals surface area (Å²) < 4.78 is 0. The summed E-state index contributed by atoms with van der Waals surface area (Å²) in [5, 5.41) is 0. The molecule has 0 aliphatic heterocycles. The van der Waals surface area contributed by atoms with E-state index in [9.17, 15) is 0 Å². The molecule has 3 rings (SSSR count). The third kappa shape index (κ3) is 2.01. The fourth-order valence-corrected chi connectivity index (χ4v) is 4.18. The van der Waals surface area contributed by atoms with E-state index in [4.69, 9.17) is 5.73 Å². The molecule has 1 nitrogen and oxygen atoms in total. The summed E-state index contributed by atoms with van der Waals surface area (Å²) in [7, 11) is 0. The highest BCUT2D eigenvalue weighted by Crippen LogP contribution is 2.52. The normalized spacial score (nSPS) is 33.0. The van der Waals surface area contributed by atoms with Crippen molar-refractivity contribution in [3.63, 3.8) is 0 Å². The molecule has 2 aliphatic carbocycles. The van der Waals surface area contributed by atoms with Crippen LogP contribution in [0.3, 0.4) is 0 Å². The third-order valence-electron chi connectivity index (χ3n) is 4.88. The zero-order chi connectivity index (χ0) is 12.0. The Hall–Kier alpha value is -0.820. The molecule has 0 spiro atoms. The Labute approximate surface area is 104 Å². The fourth-order valence-electron chi connectivity index (χ4n) is 4.18. The van der Waals surface area contributed by atoms with Crippen molar-refractivity contribution >= 4 is 0 Å². The van der Waals surface area contributed by atoms with E-state index in [0.29, 0.717) is 0 Å². The van der Waals surface area contributed by atoms with Crippen molar-refractivity contribution in [3.8, 4) is 0 Å². The largest absolute Gasteiger partial charge is 0.324 e. The first kappa shape index (κ1) is 11.3. The summed E-state index contributed by atoms with van der Waals surface area (Å²) in [5.74, 6) is 2.65. The van der Waals surface area contributed by atoms with Crippen LogP contribution in [0.2, 0.25) is 0 Å². The SMILES string of the molecule is Cc1cc(C)cc(C(N)C2CC3CCC2C3)c1. The minimum Gasteiger partial charge on any atom is -0.324 e. The molecule has 0 radical (unpaired) electrons. The molecule has 4 unspecified atom stereocenters. The molecule has 1 heteroatoms. The molecule has 2 aliphatic rings. The van der Waals surface area contributed by atoms with Crippen molar-refractivity contribution in [3.05, 3.63) is 34.9 Å². The molecular weight excluding hydrogens is 206 g/mol. The predicted molar refractivity (Wildman–Crippen MR) is 71.8 cm³/mol. The number of hydrogen-bond donors (Lipinski definition) is 1. The first-order chi connectivity index (χ1) is 8.13. The summed E-state index contributed by atoms with van der Waals surface area (Å²) in [6.45, 7) is 4.34. The van der Waals surface area contributed by atoms with Crippen molar-refractivity contribution < 1.29 is 0 Å². The van der Waals surface area contributed by atoms with Gasteiger partial charge in [0.15, 0.2) is 0 Å². The van der Waals surface area contributed by atoms with Crippen LogP contribution in [0.25, 0.3) is 0 Å². The first-order valence-electron chi connectivity index (χ1n) is 6.97. The number of fused-ring (bicyclic) bond motifs is 2. The van der Waals surface area contributed by atoms with E-state index < -0.39 is 0 Å². The van der Waals surface area contributed by atoms with Gasteiger partial charge in [0.1, 0.15) is 0 Å². The molecule has 2 saturated carbocycles. The summed E-state index contributed by atoms with van der Waals surface area (Å²) in [6.07, 6.45) is 5.70. The van der Waals surface area contributed by atoms with E-state index in [1.165, 1.54) is 42.4 Å². The van der Waals surface area contributed by atoms with Gasteiger partial charge in [0, 0.05) is 6.04 Å². The fraction of sp³-hybridized carbons (Fsp3) is 0.625. The van der Waals surface area contributed by atoms with Gasteiger partial charge in [-0.05, 0) is 56.4 Å². The van der Waals surface area contributed by atoms with Gasteiger partial charge in [-0.1, -0.05) is 35.7 Å². The van der Waals surface area contributed by atoms with E-state index in [-0.39, 0.29) is 6.04 Å². The Kier molecular flexibility index (Phi) is 2.74. The molecule has 4 atom stereocenters. The lowest BCUT2D eigenvalue weighted by molar-refractivity contribution is 0.284. The molecule has 1 aromatic carbocycles. The molecule has 0 amide bonds. The number of rotatable bonds is 2. The molecule has 2 N–H and O–H groups in total. The lowest BCUT2D eigenvalue weighted by Gasteiger charge is -2.28. The second-order valence-corrected chi connectivity index (χ2v) is 6.29. The third-order valence-corrected chi connectivity index (χ3v) is 4.88. The molecule has 1 aromatic rings. The summed E-state index contributed by atoms with van der Waals surface area (Å²) in [4.78, 5) is 0. The predicted octanol–water partition coefficient (Wildman–Crippen LogP) is 3.74. The maximum atomic E-state index is 6.52. The van der Waals surface area contributed by atoms with Gasteiger partial charge >= 0.3 is 0 Å². The van der Waals surface area contributed by atoms with Crippen molar-refractivity contribution in [2.45, 2.75) is 45.6 Å². The maximum Gasteiger partial charge on any atom is 0.0326 e.